The molecular weight excluding hydrogens is 171 g/mol. The van der Waals surface area contributed by atoms with Crippen LogP contribution < -0.4 is 0 Å². The van der Waals surface area contributed by atoms with Gasteiger partial charge in [0, 0.05) is 6.61 Å². The first kappa shape index (κ1) is 10.8. The Morgan fingerprint density at radius 3 is 2.36 bits per heavy atom. The van der Waals surface area contributed by atoms with Gasteiger partial charge in [0.2, 0.25) is 0 Å². The largest absolute Gasteiger partial charge is 0.379 e. The molecule has 0 aliphatic heterocycles. The van der Waals surface area contributed by atoms with Crippen molar-refractivity contribution in [3.05, 3.63) is 0 Å². The number of halogens is 1. The molecule has 0 amide bonds. The third kappa shape index (κ3) is 9.84. The van der Waals surface area contributed by atoms with Crippen LogP contribution in [0.4, 0.5) is 3.89 Å². The summed E-state index contributed by atoms with van der Waals surface area (Å²) in [5, 5.41) is 0. The van der Waals surface area contributed by atoms with Crippen LogP contribution in [0.15, 0.2) is 0 Å². The maximum atomic E-state index is 11.8. The Hall–Kier alpha value is -0.160. The standard InChI is InChI=1S/C6H13FO3S/c1-6(2)10-4-3-5-11(7,8)9/h6H,3-5H2,1-2H3. The average molecular weight is 184 g/mol. The number of hydrogen-bond donors (Lipinski definition) is 0. The molecule has 0 rings (SSSR count). The van der Waals surface area contributed by atoms with E-state index in [0.29, 0.717) is 6.61 Å². The molecule has 0 aliphatic carbocycles. The van der Waals surface area contributed by atoms with Crippen molar-refractivity contribution >= 4 is 10.2 Å². The second-order valence-corrected chi connectivity index (χ2v) is 4.00. The molecule has 68 valence electrons. The monoisotopic (exact) mass is 184 g/mol. The topological polar surface area (TPSA) is 43.4 Å². The van der Waals surface area contributed by atoms with Gasteiger partial charge in [0.25, 0.3) is 0 Å². The Labute approximate surface area is 66.8 Å². The summed E-state index contributed by atoms with van der Waals surface area (Å²) >= 11 is 0. The van der Waals surface area contributed by atoms with Crippen molar-refractivity contribution in [1.29, 1.82) is 0 Å². The summed E-state index contributed by atoms with van der Waals surface area (Å²) in [6.07, 6.45) is 0.286. The van der Waals surface area contributed by atoms with Gasteiger partial charge in [-0.2, -0.15) is 8.42 Å². The summed E-state index contributed by atoms with van der Waals surface area (Å²) in [5.41, 5.74) is 0. The Morgan fingerprint density at radius 1 is 1.45 bits per heavy atom. The smallest absolute Gasteiger partial charge is 0.302 e. The molecular formula is C6H13FO3S. The highest BCUT2D eigenvalue weighted by Gasteiger charge is 2.05. The fourth-order valence-electron chi connectivity index (χ4n) is 0.550. The van der Waals surface area contributed by atoms with Crippen LogP contribution in [0.5, 0.6) is 0 Å². The molecule has 0 spiro atoms. The van der Waals surface area contributed by atoms with Crippen LogP contribution in [-0.2, 0) is 15.0 Å². The molecule has 0 saturated heterocycles. The van der Waals surface area contributed by atoms with Crippen molar-refractivity contribution in [2.24, 2.45) is 0 Å². The molecule has 0 heterocycles. The van der Waals surface area contributed by atoms with Crippen molar-refractivity contribution in [2.45, 2.75) is 26.4 Å². The highest BCUT2D eigenvalue weighted by Crippen LogP contribution is 1.96. The van der Waals surface area contributed by atoms with Crippen molar-refractivity contribution < 1.29 is 17.0 Å². The lowest BCUT2D eigenvalue weighted by Gasteiger charge is -2.04. The molecule has 0 fully saturated rings. The van der Waals surface area contributed by atoms with Crippen LogP contribution in [0.1, 0.15) is 20.3 Å². The summed E-state index contributed by atoms with van der Waals surface area (Å²) in [6.45, 7) is 3.97. The summed E-state index contributed by atoms with van der Waals surface area (Å²) in [4.78, 5) is 0. The fraction of sp³-hybridized carbons (Fsp3) is 1.00. The van der Waals surface area contributed by atoms with E-state index in [4.69, 9.17) is 4.74 Å². The third-order valence-corrected chi connectivity index (χ3v) is 1.76. The molecule has 3 nitrogen and oxygen atoms in total. The van der Waals surface area contributed by atoms with Crippen LogP contribution in [0.25, 0.3) is 0 Å². The van der Waals surface area contributed by atoms with Gasteiger partial charge >= 0.3 is 10.2 Å². The van der Waals surface area contributed by atoms with E-state index in [2.05, 4.69) is 0 Å². The van der Waals surface area contributed by atoms with E-state index in [1.54, 1.807) is 0 Å². The molecule has 0 aromatic heterocycles. The van der Waals surface area contributed by atoms with Gasteiger partial charge < -0.3 is 4.74 Å². The first-order valence-electron chi connectivity index (χ1n) is 3.46. The maximum Gasteiger partial charge on any atom is 0.302 e. The van der Waals surface area contributed by atoms with Crippen LogP contribution in [0.3, 0.4) is 0 Å². The van der Waals surface area contributed by atoms with Gasteiger partial charge in [-0.05, 0) is 20.3 Å². The van der Waals surface area contributed by atoms with Crippen LogP contribution in [0.2, 0.25) is 0 Å². The minimum atomic E-state index is -4.30. The van der Waals surface area contributed by atoms with Gasteiger partial charge in [0.1, 0.15) is 0 Å². The molecule has 0 aromatic carbocycles. The van der Waals surface area contributed by atoms with Crippen LogP contribution >= 0.6 is 0 Å². The second kappa shape index (κ2) is 4.66. The highest BCUT2D eigenvalue weighted by atomic mass is 32.3. The van der Waals surface area contributed by atoms with Crippen molar-refractivity contribution in [3.8, 4) is 0 Å². The number of ether oxygens (including phenoxy) is 1. The predicted molar refractivity (Wildman–Crippen MR) is 40.6 cm³/mol. The predicted octanol–water partition coefficient (Wildman–Crippen LogP) is 1.10. The van der Waals surface area contributed by atoms with E-state index < -0.39 is 16.0 Å². The third-order valence-electron chi connectivity index (χ3n) is 0.984. The number of rotatable bonds is 5. The van der Waals surface area contributed by atoms with E-state index in [0.717, 1.165) is 0 Å². The van der Waals surface area contributed by atoms with Crippen LogP contribution in [0, 0.1) is 0 Å². The van der Waals surface area contributed by atoms with Crippen LogP contribution in [-0.4, -0.2) is 26.9 Å². The quantitative estimate of drug-likeness (QED) is 0.474. The SMILES string of the molecule is CC(C)OCCCS(=O)(=O)F. The van der Waals surface area contributed by atoms with E-state index in [1.165, 1.54) is 0 Å². The van der Waals surface area contributed by atoms with E-state index in [1.807, 2.05) is 13.8 Å². The summed E-state index contributed by atoms with van der Waals surface area (Å²) < 4.78 is 36.7. The molecule has 0 unspecified atom stereocenters. The van der Waals surface area contributed by atoms with Gasteiger partial charge in [-0.25, -0.2) is 0 Å². The number of hydrogen-bond acceptors (Lipinski definition) is 3. The van der Waals surface area contributed by atoms with E-state index >= 15 is 0 Å². The van der Waals surface area contributed by atoms with Gasteiger partial charge in [-0.15, -0.1) is 3.89 Å². The van der Waals surface area contributed by atoms with E-state index in [9.17, 15) is 12.3 Å². The Bertz CT molecular complexity index is 186. The fourth-order valence-corrected chi connectivity index (χ4v) is 1.01. The zero-order chi connectivity index (χ0) is 8.91. The molecule has 0 saturated carbocycles. The summed E-state index contributed by atoms with van der Waals surface area (Å²) in [5.74, 6) is -0.445. The van der Waals surface area contributed by atoms with Gasteiger partial charge in [0.15, 0.2) is 0 Å². The minimum absolute atomic E-state index is 0.0670. The van der Waals surface area contributed by atoms with E-state index in [-0.39, 0.29) is 12.5 Å². The lowest BCUT2D eigenvalue weighted by Crippen LogP contribution is -2.07. The lowest BCUT2D eigenvalue weighted by atomic mass is 10.4. The van der Waals surface area contributed by atoms with Gasteiger partial charge in [-0.1, -0.05) is 0 Å². The molecule has 11 heavy (non-hydrogen) atoms. The molecule has 0 aromatic rings. The van der Waals surface area contributed by atoms with Gasteiger partial charge in [-0.3, -0.25) is 0 Å². The average Bonchev–Trinajstić information content (AvgIpc) is 1.78. The molecule has 0 bridgehead atoms. The first-order chi connectivity index (χ1) is 4.92. The Morgan fingerprint density at radius 2 is 2.00 bits per heavy atom. The van der Waals surface area contributed by atoms with Crippen molar-refractivity contribution in [3.63, 3.8) is 0 Å². The first-order valence-corrected chi connectivity index (χ1v) is 5.01. The Kier molecular flexibility index (Phi) is 4.60. The van der Waals surface area contributed by atoms with Crippen molar-refractivity contribution in [2.75, 3.05) is 12.4 Å². The highest BCUT2D eigenvalue weighted by molar-refractivity contribution is 7.86. The molecule has 0 atom stereocenters. The summed E-state index contributed by atoms with van der Waals surface area (Å²) in [6, 6.07) is 0. The van der Waals surface area contributed by atoms with Crippen molar-refractivity contribution in [1.82, 2.24) is 0 Å². The molecule has 0 N–H and O–H groups in total. The molecule has 0 aliphatic rings. The normalized spacial score (nSPS) is 12.4. The second-order valence-electron chi connectivity index (χ2n) is 2.52. The Balaban J connectivity index is 3.30. The minimum Gasteiger partial charge on any atom is -0.379 e. The zero-order valence-corrected chi connectivity index (χ0v) is 7.53. The maximum absolute atomic E-state index is 11.8. The lowest BCUT2D eigenvalue weighted by molar-refractivity contribution is 0.0796. The van der Waals surface area contributed by atoms with Gasteiger partial charge in [0.05, 0.1) is 11.9 Å². The molecule has 5 heteroatoms. The summed E-state index contributed by atoms with van der Waals surface area (Å²) in [7, 11) is -4.30. The molecule has 0 radical (unpaired) electrons. The zero-order valence-electron chi connectivity index (χ0n) is 6.71.